The van der Waals surface area contributed by atoms with E-state index in [1.165, 1.54) is 32.1 Å². The standard InChI is InChI=1S/C22H19NO7/c1-10(24)30-21-17-11(7-16(29-4)19-14(17)8-23(2)22(19)27)5-13-18(21)15(25)6-12(9-28-3)20(13)26/h5-7H,8-9H2,1-4H3. The molecule has 1 aliphatic carbocycles. The fourth-order valence-electron chi connectivity index (χ4n) is 4.05. The molecule has 8 heteroatoms. The van der Waals surface area contributed by atoms with Gasteiger partial charge in [0.2, 0.25) is 0 Å². The van der Waals surface area contributed by atoms with Gasteiger partial charge in [-0.25, -0.2) is 0 Å². The molecule has 0 bridgehead atoms. The Morgan fingerprint density at radius 2 is 1.87 bits per heavy atom. The van der Waals surface area contributed by atoms with E-state index < -0.39 is 11.8 Å². The molecule has 0 N–H and O–H groups in total. The van der Waals surface area contributed by atoms with Gasteiger partial charge >= 0.3 is 5.97 Å². The second-order valence-corrected chi connectivity index (χ2v) is 7.21. The smallest absolute Gasteiger partial charge is 0.308 e. The lowest BCUT2D eigenvalue weighted by molar-refractivity contribution is -0.131. The minimum absolute atomic E-state index is 0.0110. The Labute approximate surface area is 172 Å². The van der Waals surface area contributed by atoms with Crippen LogP contribution in [0.25, 0.3) is 10.8 Å². The normalized spacial score (nSPS) is 15.3. The quantitative estimate of drug-likeness (QED) is 0.564. The average molecular weight is 409 g/mol. The predicted molar refractivity (Wildman–Crippen MR) is 106 cm³/mol. The van der Waals surface area contributed by atoms with Crippen LogP contribution in [-0.4, -0.2) is 56.2 Å². The third-order valence-electron chi connectivity index (χ3n) is 5.26. The summed E-state index contributed by atoms with van der Waals surface area (Å²) >= 11 is 0. The van der Waals surface area contributed by atoms with Crippen molar-refractivity contribution in [3.63, 3.8) is 0 Å². The van der Waals surface area contributed by atoms with Crippen molar-refractivity contribution in [2.24, 2.45) is 0 Å². The van der Waals surface area contributed by atoms with E-state index in [9.17, 15) is 19.2 Å². The number of hydrogen-bond acceptors (Lipinski definition) is 7. The molecule has 0 fully saturated rings. The largest absolute Gasteiger partial charge is 0.496 e. The van der Waals surface area contributed by atoms with Gasteiger partial charge in [0.05, 0.1) is 24.8 Å². The molecule has 2 aliphatic rings. The maximum absolute atomic E-state index is 13.0. The Hall–Kier alpha value is -3.52. The molecule has 154 valence electrons. The minimum Gasteiger partial charge on any atom is -0.496 e. The van der Waals surface area contributed by atoms with Gasteiger partial charge in [-0.1, -0.05) is 0 Å². The summed E-state index contributed by atoms with van der Waals surface area (Å²) in [7, 11) is 4.53. The van der Waals surface area contributed by atoms with Crippen molar-refractivity contribution in [2.45, 2.75) is 13.5 Å². The molecule has 1 amide bonds. The molecule has 0 spiro atoms. The topological polar surface area (TPSA) is 99.2 Å². The van der Waals surface area contributed by atoms with E-state index in [1.807, 2.05) is 0 Å². The van der Waals surface area contributed by atoms with E-state index in [-0.39, 0.29) is 47.3 Å². The number of fused-ring (bicyclic) bond motifs is 4. The van der Waals surface area contributed by atoms with Crippen LogP contribution < -0.4 is 9.47 Å². The zero-order chi connectivity index (χ0) is 21.7. The Bertz CT molecular complexity index is 1190. The fourth-order valence-corrected chi connectivity index (χ4v) is 4.05. The van der Waals surface area contributed by atoms with Crippen LogP contribution in [0.5, 0.6) is 11.5 Å². The maximum Gasteiger partial charge on any atom is 0.308 e. The monoisotopic (exact) mass is 409 g/mol. The van der Waals surface area contributed by atoms with Gasteiger partial charge in [0, 0.05) is 44.1 Å². The van der Waals surface area contributed by atoms with E-state index in [1.54, 1.807) is 19.2 Å². The first-order valence-corrected chi connectivity index (χ1v) is 9.21. The molecule has 0 saturated carbocycles. The zero-order valence-electron chi connectivity index (χ0n) is 17.0. The lowest BCUT2D eigenvalue weighted by atomic mass is 9.85. The number of esters is 1. The molecule has 0 radical (unpaired) electrons. The van der Waals surface area contributed by atoms with Gasteiger partial charge in [0.1, 0.15) is 5.75 Å². The number of allylic oxidation sites excluding steroid dienone is 1. The summed E-state index contributed by atoms with van der Waals surface area (Å²) < 4.78 is 15.9. The molecule has 2 aromatic carbocycles. The Kier molecular flexibility index (Phi) is 4.66. The van der Waals surface area contributed by atoms with Crippen LogP contribution in [0.2, 0.25) is 0 Å². The van der Waals surface area contributed by atoms with E-state index in [0.29, 0.717) is 27.6 Å². The van der Waals surface area contributed by atoms with E-state index in [2.05, 4.69) is 0 Å². The number of Topliss-reactive ketones (excluding diaryl/α,β-unsaturated/α-hetero) is 1. The molecular weight excluding hydrogens is 390 g/mol. The first kappa shape index (κ1) is 19.8. The number of carbonyl (C=O) groups excluding carboxylic acids is 4. The van der Waals surface area contributed by atoms with Crippen LogP contribution in [0.4, 0.5) is 0 Å². The number of rotatable bonds is 4. The molecular formula is C22H19NO7. The van der Waals surface area contributed by atoms with Crippen LogP contribution in [-0.2, 0) is 16.1 Å². The van der Waals surface area contributed by atoms with E-state index in [0.717, 1.165) is 0 Å². The van der Waals surface area contributed by atoms with Crippen LogP contribution in [0, 0.1) is 0 Å². The Balaban J connectivity index is 2.12. The third kappa shape index (κ3) is 2.80. The number of ether oxygens (including phenoxy) is 3. The summed E-state index contributed by atoms with van der Waals surface area (Å²) in [4.78, 5) is 52.0. The average Bonchev–Trinajstić information content (AvgIpc) is 2.99. The fraction of sp³-hybridized carbons (Fsp3) is 0.273. The Morgan fingerprint density at radius 3 is 2.50 bits per heavy atom. The molecule has 4 rings (SSSR count). The van der Waals surface area contributed by atoms with Gasteiger partial charge in [-0.05, 0) is 29.2 Å². The predicted octanol–water partition coefficient (Wildman–Crippen LogP) is 2.31. The SMILES string of the molecule is COCC1=CC(=O)c2c(cc3cc(OC)c4c(c3c2OC(C)=O)CN(C)C4=O)C1=O. The van der Waals surface area contributed by atoms with Gasteiger partial charge in [-0.3, -0.25) is 19.2 Å². The van der Waals surface area contributed by atoms with Gasteiger partial charge in [0.15, 0.2) is 17.3 Å². The summed E-state index contributed by atoms with van der Waals surface area (Å²) in [5, 5.41) is 0.978. The molecule has 8 nitrogen and oxygen atoms in total. The highest BCUT2D eigenvalue weighted by Crippen LogP contribution is 2.44. The van der Waals surface area contributed by atoms with Crippen molar-refractivity contribution in [3.8, 4) is 11.5 Å². The summed E-state index contributed by atoms with van der Waals surface area (Å²) in [6.45, 7) is 1.45. The number of methoxy groups -OCH3 is 2. The number of carbonyl (C=O) groups is 4. The van der Waals surface area contributed by atoms with E-state index >= 15 is 0 Å². The number of amides is 1. The highest BCUT2D eigenvalue weighted by molar-refractivity contribution is 6.28. The van der Waals surface area contributed by atoms with E-state index in [4.69, 9.17) is 14.2 Å². The first-order chi connectivity index (χ1) is 14.3. The molecule has 0 saturated heterocycles. The lowest BCUT2D eigenvalue weighted by Crippen LogP contribution is -2.21. The number of hydrogen-bond donors (Lipinski definition) is 0. The number of benzene rings is 2. The molecule has 0 aromatic heterocycles. The third-order valence-corrected chi connectivity index (χ3v) is 5.26. The minimum atomic E-state index is -0.640. The molecule has 1 heterocycles. The summed E-state index contributed by atoms with van der Waals surface area (Å²) in [5.41, 5.74) is 1.29. The summed E-state index contributed by atoms with van der Waals surface area (Å²) in [6.07, 6.45) is 1.20. The lowest BCUT2D eigenvalue weighted by Gasteiger charge is -2.21. The van der Waals surface area contributed by atoms with Crippen LogP contribution in [0.3, 0.4) is 0 Å². The van der Waals surface area contributed by atoms with Crippen LogP contribution in [0.15, 0.2) is 23.8 Å². The van der Waals surface area contributed by atoms with Crippen molar-refractivity contribution < 1.29 is 33.4 Å². The second kappa shape index (κ2) is 7.07. The highest BCUT2D eigenvalue weighted by Gasteiger charge is 2.36. The summed E-state index contributed by atoms with van der Waals surface area (Å²) in [5.74, 6) is -1.38. The van der Waals surface area contributed by atoms with Crippen molar-refractivity contribution in [2.75, 3.05) is 27.9 Å². The molecule has 2 aromatic rings. The van der Waals surface area contributed by atoms with Gasteiger partial charge < -0.3 is 19.1 Å². The van der Waals surface area contributed by atoms with Gasteiger partial charge in [-0.2, -0.15) is 0 Å². The molecule has 0 unspecified atom stereocenters. The summed E-state index contributed by atoms with van der Waals surface area (Å²) in [6, 6.07) is 3.19. The molecule has 0 atom stereocenters. The van der Waals surface area contributed by atoms with Crippen molar-refractivity contribution >= 4 is 34.2 Å². The Morgan fingerprint density at radius 1 is 1.13 bits per heavy atom. The van der Waals surface area contributed by atoms with Crippen molar-refractivity contribution in [3.05, 3.63) is 46.0 Å². The number of nitrogens with zero attached hydrogens (tertiary/aromatic N) is 1. The molecule has 1 aliphatic heterocycles. The number of ketones is 2. The molecule has 30 heavy (non-hydrogen) atoms. The van der Waals surface area contributed by atoms with Gasteiger partial charge in [-0.15, -0.1) is 0 Å². The highest BCUT2D eigenvalue weighted by atomic mass is 16.5. The first-order valence-electron chi connectivity index (χ1n) is 9.21. The zero-order valence-corrected chi connectivity index (χ0v) is 17.0. The maximum atomic E-state index is 13.0. The van der Waals surface area contributed by atoms with Gasteiger partial charge in [0.25, 0.3) is 5.91 Å². The van der Waals surface area contributed by atoms with Crippen molar-refractivity contribution in [1.29, 1.82) is 0 Å². The van der Waals surface area contributed by atoms with Crippen LogP contribution in [0.1, 0.15) is 43.6 Å². The second-order valence-electron chi connectivity index (χ2n) is 7.21. The van der Waals surface area contributed by atoms with Crippen molar-refractivity contribution in [1.82, 2.24) is 4.90 Å². The van der Waals surface area contributed by atoms with Crippen LogP contribution >= 0.6 is 0 Å².